The number of rotatable bonds is 1. The Kier molecular flexibility index (Phi) is 2.39. The largest absolute Gasteiger partial charge is 0.571 e. The van der Waals surface area contributed by atoms with Crippen LogP contribution in [0.25, 0.3) is 0 Å². The third-order valence-electron chi connectivity index (χ3n) is 0.183. The minimum atomic E-state index is -2.37. The highest BCUT2D eigenvalue weighted by Crippen LogP contribution is 1.59. The van der Waals surface area contributed by atoms with Gasteiger partial charge >= 0.3 is 9.53 Å². The summed E-state index contributed by atoms with van der Waals surface area (Å²) in [5, 5.41) is 0. The van der Waals surface area contributed by atoms with E-state index in [1.165, 1.54) is 7.11 Å². The van der Waals surface area contributed by atoms with Gasteiger partial charge < -0.3 is 14.0 Å². The first-order chi connectivity index (χ1) is 2.27. The first kappa shape index (κ1) is 5.10. The molecule has 0 aromatic carbocycles. The lowest BCUT2D eigenvalue weighted by molar-refractivity contribution is 0.229. The zero-order valence-electron chi connectivity index (χ0n) is 2.80. The predicted octanol–water partition coefficient (Wildman–Crippen LogP) is -1.40. The monoisotopic (exact) mass is 93.0 g/mol. The van der Waals surface area contributed by atoms with E-state index in [4.69, 9.17) is 9.59 Å². The minimum absolute atomic E-state index is 1.24. The van der Waals surface area contributed by atoms with Gasteiger partial charge in [-0.1, -0.05) is 0 Å². The van der Waals surface area contributed by atoms with Gasteiger partial charge in [-0.3, -0.25) is 0 Å². The van der Waals surface area contributed by atoms with E-state index in [2.05, 4.69) is 4.43 Å². The maximum Gasteiger partial charge on any atom is 0.571 e. The molecular formula is CH5O3Si. The van der Waals surface area contributed by atoms with E-state index in [1.54, 1.807) is 0 Å². The van der Waals surface area contributed by atoms with Crippen molar-refractivity contribution in [2.45, 2.75) is 0 Å². The molecule has 0 amide bonds. The summed E-state index contributed by atoms with van der Waals surface area (Å²) < 4.78 is 3.96. The molecule has 0 aromatic rings. The van der Waals surface area contributed by atoms with Crippen molar-refractivity contribution in [1.82, 2.24) is 0 Å². The Morgan fingerprint density at radius 2 is 1.80 bits per heavy atom. The maximum atomic E-state index is 7.80. The van der Waals surface area contributed by atoms with Crippen LogP contribution in [0, 0.1) is 0 Å². The highest BCUT2D eigenvalue weighted by molar-refractivity contribution is 6.32. The molecule has 5 heavy (non-hydrogen) atoms. The van der Waals surface area contributed by atoms with Gasteiger partial charge in [0.25, 0.3) is 0 Å². The van der Waals surface area contributed by atoms with Crippen molar-refractivity contribution in [2.75, 3.05) is 7.11 Å². The Morgan fingerprint density at radius 3 is 1.80 bits per heavy atom. The molecule has 0 aliphatic heterocycles. The maximum absolute atomic E-state index is 7.80. The van der Waals surface area contributed by atoms with E-state index in [-0.39, 0.29) is 0 Å². The molecule has 0 unspecified atom stereocenters. The lowest BCUT2D eigenvalue weighted by Crippen LogP contribution is -2.12. The molecule has 2 N–H and O–H groups in total. The Hall–Kier alpha value is 0.0969. The molecule has 0 bridgehead atoms. The van der Waals surface area contributed by atoms with Gasteiger partial charge in [-0.25, -0.2) is 0 Å². The minimum Gasteiger partial charge on any atom is -0.388 e. The summed E-state index contributed by atoms with van der Waals surface area (Å²) in [5.74, 6) is 0. The molecule has 31 valence electrons. The molecule has 0 heterocycles. The topological polar surface area (TPSA) is 49.7 Å². The SMILES string of the molecule is CO[Si](O)O. The van der Waals surface area contributed by atoms with Crippen molar-refractivity contribution in [2.24, 2.45) is 0 Å². The van der Waals surface area contributed by atoms with E-state index in [0.717, 1.165) is 0 Å². The van der Waals surface area contributed by atoms with Crippen molar-refractivity contribution in [3.8, 4) is 0 Å². The van der Waals surface area contributed by atoms with Crippen LogP contribution >= 0.6 is 0 Å². The standard InChI is InChI=1S/CH5O3Si/c1-4-5(2)3/h2-3H,1H3. The zero-order chi connectivity index (χ0) is 4.28. The van der Waals surface area contributed by atoms with Crippen LogP contribution in [0.1, 0.15) is 0 Å². The molecule has 1 radical (unpaired) electrons. The van der Waals surface area contributed by atoms with Crippen LogP contribution in [-0.4, -0.2) is 26.2 Å². The third kappa shape index (κ3) is 4.10. The second-order valence-corrected chi connectivity index (χ2v) is 1.46. The van der Waals surface area contributed by atoms with E-state index in [1.807, 2.05) is 0 Å². The van der Waals surface area contributed by atoms with Crippen LogP contribution in [-0.2, 0) is 4.43 Å². The Bertz CT molecular complexity index is 20.9. The second-order valence-electron chi connectivity index (χ2n) is 0.487. The molecule has 4 heteroatoms. The highest BCUT2D eigenvalue weighted by Gasteiger charge is 1.97. The van der Waals surface area contributed by atoms with Crippen LogP contribution in [0.5, 0.6) is 0 Å². The van der Waals surface area contributed by atoms with E-state index >= 15 is 0 Å². The average molecular weight is 93.1 g/mol. The van der Waals surface area contributed by atoms with Crippen molar-refractivity contribution < 1.29 is 14.0 Å². The van der Waals surface area contributed by atoms with E-state index in [0.29, 0.717) is 0 Å². The first-order valence-electron chi connectivity index (χ1n) is 1.06. The fourth-order valence-corrected chi connectivity index (χ4v) is 0. The Morgan fingerprint density at radius 1 is 1.60 bits per heavy atom. The van der Waals surface area contributed by atoms with Crippen LogP contribution in [0.4, 0.5) is 0 Å². The van der Waals surface area contributed by atoms with Gasteiger partial charge in [0.1, 0.15) is 0 Å². The fourth-order valence-electron chi connectivity index (χ4n) is 0. The van der Waals surface area contributed by atoms with Crippen molar-refractivity contribution in [3.05, 3.63) is 0 Å². The van der Waals surface area contributed by atoms with Crippen molar-refractivity contribution in [1.29, 1.82) is 0 Å². The predicted molar refractivity (Wildman–Crippen MR) is 17.2 cm³/mol. The van der Waals surface area contributed by atoms with Gasteiger partial charge in [0.15, 0.2) is 0 Å². The van der Waals surface area contributed by atoms with Crippen LogP contribution in [0.2, 0.25) is 0 Å². The van der Waals surface area contributed by atoms with E-state index < -0.39 is 9.53 Å². The van der Waals surface area contributed by atoms with Gasteiger partial charge in [0.05, 0.1) is 0 Å². The molecule has 0 aliphatic rings. The Balaban J connectivity index is 2.54. The number of hydrogen-bond acceptors (Lipinski definition) is 3. The molecule has 0 spiro atoms. The van der Waals surface area contributed by atoms with Crippen LogP contribution in [0.3, 0.4) is 0 Å². The number of hydrogen-bond donors (Lipinski definition) is 2. The average Bonchev–Trinajstić information content (AvgIpc) is 1.38. The quantitative estimate of drug-likeness (QED) is 0.392. The third-order valence-corrected chi connectivity index (χ3v) is 0.548. The molecule has 0 aromatic heterocycles. The first-order valence-corrected chi connectivity index (χ1v) is 2.36. The summed E-state index contributed by atoms with van der Waals surface area (Å²) in [5.41, 5.74) is 0. The summed E-state index contributed by atoms with van der Waals surface area (Å²) in [6.45, 7) is 0. The molecule has 0 aliphatic carbocycles. The van der Waals surface area contributed by atoms with E-state index in [9.17, 15) is 0 Å². The van der Waals surface area contributed by atoms with Crippen molar-refractivity contribution in [3.63, 3.8) is 0 Å². The second kappa shape index (κ2) is 2.34. The summed E-state index contributed by atoms with van der Waals surface area (Å²) in [7, 11) is -1.13. The molecule has 0 rings (SSSR count). The molecule has 0 atom stereocenters. The molecular weight excluding hydrogens is 88.1 g/mol. The van der Waals surface area contributed by atoms with Gasteiger partial charge in [0.2, 0.25) is 0 Å². The van der Waals surface area contributed by atoms with Crippen molar-refractivity contribution >= 4 is 9.53 Å². The fraction of sp³-hybridized carbons (Fsp3) is 1.00. The van der Waals surface area contributed by atoms with Crippen LogP contribution in [0.15, 0.2) is 0 Å². The van der Waals surface area contributed by atoms with Crippen LogP contribution < -0.4 is 0 Å². The molecule has 0 saturated carbocycles. The lowest BCUT2D eigenvalue weighted by Gasteiger charge is -1.85. The summed E-state index contributed by atoms with van der Waals surface area (Å²) in [4.78, 5) is 15.6. The molecule has 0 fully saturated rings. The van der Waals surface area contributed by atoms with Gasteiger partial charge in [-0.2, -0.15) is 0 Å². The summed E-state index contributed by atoms with van der Waals surface area (Å²) in [6.07, 6.45) is 0. The smallest absolute Gasteiger partial charge is 0.388 e. The van der Waals surface area contributed by atoms with Gasteiger partial charge in [-0.05, 0) is 0 Å². The summed E-state index contributed by atoms with van der Waals surface area (Å²) >= 11 is 0. The van der Waals surface area contributed by atoms with Gasteiger partial charge in [-0.15, -0.1) is 0 Å². The lowest BCUT2D eigenvalue weighted by atomic mass is 11.8. The molecule has 0 saturated heterocycles. The molecule has 3 nitrogen and oxygen atoms in total. The summed E-state index contributed by atoms with van der Waals surface area (Å²) in [6, 6.07) is 0. The van der Waals surface area contributed by atoms with Gasteiger partial charge in [0, 0.05) is 7.11 Å². The highest BCUT2D eigenvalue weighted by atomic mass is 28.3. The normalized spacial score (nSPS) is 9.60. The zero-order valence-corrected chi connectivity index (χ0v) is 3.80. The Labute approximate surface area is 31.8 Å².